The molecule has 0 spiro atoms. The highest BCUT2D eigenvalue weighted by molar-refractivity contribution is 5.87. The van der Waals surface area contributed by atoms with E-state index in [-0.39, 0.29) is 23.5 Å². The number of rotatable bonds is 6. The largest absolute Gasteiger partial charge is 0.354 e. The first-order valence-corrected chi connectivity index (χ1v) is 7.85. The molecule has 0 aliphatic heterocycles. The Balaban J connectivity index is 1.86. The molecule has 0 aromatic heterocycles. The van der Waals surface area contributed by atoms with Crippen molar-refractivity contribution in [3.8, 4) is 0 Å². The maximum atomic E-state index is 13.1. The van der Waals surface area contributed by atoms with Crippen molar-refractivity contribution in [1.82, 2.24) is 10.6 Å². The molecule has 1 aliphatic carbocycles. The molecule has 0 bridgehead atoms. The minimum Gasteiger partial charge on any atom is -0.354 e. The molecule has 4 nitrogen and oxygen atoms in total. The third kappa shape index (κ3) is 4.83. The molecular weight excluding hydrogens is 283 g/mol. The van der Waals surface area contributed by atoms with Crippen molar-refractivity contribution in [2.75, 3.05) is 6.54 Å². The molecule has 1 fully saturated rings. The van der Waals surface area contributed by atoms with Crippen molar-refractivity contribution in [3.63, 3.8) is 0 Å². The van der Waals surface area contributed by atoms with Crippen LogP contribution in [-0.4, -0.2) is 24.4 Å². The zero-order chi connectivity index (χ0) is 15.9. The highest BCUT2D eigenvalue weighted by atomic mass is 19.1. The molecule has 22 heavy (non-hydrogen) atoms. The molecule has 1 unspecified atom stereocenters. The zero-order valence-electron chi connectivity index (χ0n) is 12.9. The first kappa shape index (κ1) is 16.5. The van der Waals surface area contributed by atoms with Gasteiger partial charge in [0.05, 0.1) is 0 Å². The molecular formula is C17H23FN2O2. The molecule has 1 aliphatic rings. The zero-order valence-corrected chi connectivity index (χ0v) is 12.9. The van der Waals surface area contributed by atoms with Crippen molar-refractivity contribution in [1.29, 1.82) is 0 Å². The Morgan fingerprint density at radius 3 is 2.68 bits per heavy atom. The van der Waals surface area contributed by atoms with Gasteiger partial charge in [-0.05, 0) is 42.9 Å². The number of halogens is 1. The molecule has 1 saturated carbocycles. The monoisotopic (exact) mass is 306 g/mol. The van der Waals surface area contributed by atoms with Crippen molar-refractivity contribution in [3.05, 3.63) is 35.6 Å². The average molecular weight is 306 g/mol. The highest BCUT2D eigenvalue weighted by Gasteiger charge is 2.30. The summed E-state index contributed by atoms with van der Waals surface area (Å²) in [7, 11) is 0. The van der Waals surface area contributed by atoms with Crippen LogP contribution >= 0.6 is 0 Å². The van der Waals surface area contributed by atoms with Gasteiger partial charge in [-0.1, -0.05) is 25.0 Å². The first-order chi connectivity index (χ1) is 10.6. The van der Waals surface area contributed by atoms with Gasteiger partial charge in [-0.2, -0.15) is 0 Å². The summed E-state index contributed by atoms with van der Waals surface area (Å²) in [4.78, 5) is 23.6. The fourth-order valence-corrected chi connectivity index (χ4v) is 3.04. The second-order valence-electron chi connectivity index (χ2n) is 5.89. The molecule has 5 heteroatoms. The van der Waals surface area contributed by atoms with Gasteiger partial charge in [0.15, 0.2) is 0 Å². The standard InChI is InChI=1S/C17H23FN2O2/c1-12(21)20-16(14-6-2-3-7-14)17(22)19-10-9-13-5-4-8-15(18)11-13/h4-5,8,11,14,16H,2-3,6-7,9-10H2,1H3,(H,19,22)(H,20,21). The SMILES string of the molecule is CC(=O)NC(C(=O)NCCc1cccc(F)c1)C1CCCC1. The van der Waals surface area contributed by atoms with E-state index in [4.69, 9.17) is 0 Å². The summed E-state index contributed by atoms with van der Waals surface area (Å²) in [6.45, 7) is 1.87. The van der Waals surface area contributed by atoms with E-state index in [9.17, 15) is 14.0 Å². The van der Waals surface area contributed by atoms with Gasteiger partial charge in [-0.15, -0.1) is 0 Å². The van der Waals surface area contributed by atoms with Crippen LogP contribution in [0.5, 0.6) is 0 Å². The van der Waals surface area contributed by atoms with Crippen LogP contribution in [0.15, 0.2) is 24.3 Å². The number of hydrogen-bond acceptors (Lipinski definition) is 2. The summed E-state index contributed by atoms with van der Waals surface area (Å²) in [6.07, 6.45) is 4.74. The van der Waals surface area contributed by atoms with E-state index in [1.807, 2.05) is 6.07 Å². The lowest BCUT2D eigenvalue weighted by Gasteiger charge is -2.23. The van der Waals surface area contributed by atoms with E-state index in [0.717, 1.165) is 31.2 Å². The van der Waals surface area contributed by atoms with E-state index in [1.54, 1.807) is 6.07 Å². The average Bonchev–Trinajstić information content (AvgIpc) is 2.98. The molecule has 2 N–H and O–H groups in total. The lowest BCUT2D eigenvalue weighted by molar-refractivity contribution is -0.129. The van der Waals surface area contributed by atoms with Gasteiger partial charge < -0.3 is 10.6 Å². The molecule has 1 atom stereocenters. The normalized spacial score (nSPS) is 16.3. The fourth-order valence-electron chi connectivity index (χ4n) is 3.04. The van der Waals surface area contributed by atoms with Crippen LogP contribution in [-0.2, 0) is 16.0 Å². The third-order valence-corrected chi connectivity index (χ3v) is 4.11. The summed E-state index contributed by atoms with van der Waals surface area (Å²) in [5.74, 6) is -0.375. The van der Waals surface area contributed by atoms with Crippen LogP contribution in [0.2, 0.25) is 0 Å². The lowest BCUT2D eigenvalue weighted by Crippen LogP contribution is -2.50. The Hall–Kier alpha value is -1.91. The predicted molar refractivity (Wildman–Crippen MR) is 82.7 cm³/mol. The smallest absolute Gasteiger partial charge is 0.242 e. The summed E-state index contributed by atoms with van der Waals surface area (Å²) >= 11 is 0. The first-order valence-electron chi connectivity index (χ1n) is 7.85. The van der Waals surface area contributed by atoms with Crippen molar-refractivity contribution in [2.24, 2.45) is 5.92 Å². The van der Waals surface area contributed by atoms with Gasteiger partial charge in [0.1, 0.15) is 11.9 Å². The third-order valence-electron chi connectivity index (χ3n) is 4.11. The van der Waals surface area contributed by atoms with Crippen LogP contribution in [0.25, 0.3) is 0 Å². The van der Waals surface area contributed by atoms with Crippen LogP contribution < -0.4 is 10.6 Å². The number of hydrogen-bond donors (Lipinski definition) is 2. The Labute approximate surface area is 130 Å². The lowest BCUT2D eigenvalue weighted by atomic mass is 9.97. The van der Waals surface area contributed by atoms with E-state index in [2.05, 4.69) is 10.6 Å². The summed E-state index contributed by atoms with van der Waals surface area (Å²) in [6, 6.07) is 5.90. The fraction of sp³-hybridized carbons (Fsp3) is 0.529. The van der Waals surface area contributed by atoms with Gasteiger partial charge in [0.2, 0.25) is 11.8 Å². The minimum absolute atomic E-state index is 0.140. The van der Waals surface area contributed by atoms with Crippen LogP contribution in [0.1, 0.15) is 38.2 Å². The molecule has 0 heterocycles. The van der Waals surface area contributed by atoms with E-state index >= 15 is 0 Å². The Morgan fingerprint density at radius 2 is 2.05 bits per heavy atom. The molecule has 0 saturated heterocycles. The van der Waals surface area contributed by atoms with E-state index in [0.29, 0.717) is 13.0 Å². The van der Waals surface area contributed by atoms with Gasteiger partial charge >= 0.3 is 0 Å². The second-order valence-corrected chi connectivity index (χ2v) is 5.89. The summed E-state index contributed by atoms with van der Waals surface area (Å²) in [5, 5.41) is 5.63. The minimum atomic E-state index is -0.451. The van der Waals surface area contributed by atoms with Gasteiger partial charge in [-0.25, -0.2) is 4.39 Å². The number of amides is 2. The predicted octanol–water partition coefficient (Wildman–Crippen LogP) is 2.18. The topological polar surface area (TPSA) is 58.2 Å². The number of carbonyl (C=O) groups is 2. The van der Waals surface area contributed by atoms with Gasteiger partial charge in [0, 0.05) is 13.5 Å². The Morgan fingerprint density at radius 1 is 1.32 bits per heavy atom. The quantitative estimate of drug-likeness (QED) is 0.846. The van der Waals surface area contributed by atoms with Gasteiger partial charge in [0.25, 0.3) is 0 Å². The Kier molecular flexibility index (Phi) is 5.92. The van der Waals surface area contributed by atoms with Crippen molar-refractivity contribution < 1.29 is 14.0 Å². The number of nitrogens with one attached hydrogen (secondary N) is 2. The summed E-state index contributed by atoms with van der Waals surface area (Å²) < 4.78 is 13.1. The summed E-state index contributed by atoms with van der Waals surface area (Å²) in [5.41, 5.74) is 0.845. The van der Waals surface area contributed by atoms with Gasteiger partial charge in [-0.3, -0.25) is 9.59 Å². The number of carbonyl (C=O) groups excluding carboxylic acids is 2. The molecule has 2 rings (SSSR count). The molecule has 1 aromatic rings. The van der Waals surface area contributed by atoms with Crippen molar-refractivity contribution >= 4 is 11.8 Å². The van der Waals surface area contributed by atoms with Crippen LogP contribution in [0.3, 0.4) is 0 Å². The van der Waals surface area contributed by atoms with Crippen molar-refractivity contribution in [2.45, 2.75) is 45.1 Å². The number of benzene rings is 1. The van der Waals surface area contributed by atoms with E-state index < -0.39 is 6.04 Å². The van der Waals surface area contributed by atoms with E-state index in [1.165, 1.54) is 19.1 Å². The maximum Gasteiger partial charge on any atom is 0.242 e. The molecule has 0 radical (unpaired) electrons. The molecule has 120 valence electrons. The Bertz CT molecular complexity index is 527. The maximum absolute atomic E-state index is 13.1. The molecule has 2 amide bonds. The highest BCUT2D eigenvalue weighted by Crippen LogP contribution is 2.27. The second kappa shape index (κ2) is 7.92. The van der Waals surface area contributed by atoms with Crippen LogP contribution in [0, 0.1) is 11.7 Å². The molecule has 1 aromatic carbocycles. The van der Waals surface area contributed by atoms with Crippen LogP contribution in [0.4, 0.5) is 4.39 Å².